The summed E-state index contributed by atoms with van der Waals surface area (Å²) >= 11 is 0. The van der Waals surface area contributed by atoms with E-state index in [1.54, 1.807) is 12.3 Å². The van der Waals surface area contributed by atoms with Crippen LogP contribution in [0.5, 0.6) is 0 Å². The Morgan fingerprint density at radius 1 is 0.920 bits per heavy atom. The Morgan fingerprint density at radius 3 is 2.24 bits per heavy atom. The van der Waals surface area contributed by atoms with E-state index < -0.39 is 0 Å². The highest BCUT2D eigenvalue weighted by atomic mass is 16.1. The second-order valence-corrected chi connectivity index (χ2v) is 6.03. The van der Waals surface area contributed by atoms with Gasteiger partial charge in [0.15, 0.2) is 0 Å². The molecule has 2 N–H and O–H groups in total. The summed E-state index contributed by atoms with van der Waals surface area (Å²) in [5.41, 5.74) is 4.38. The van der Waals surface area contributed by atoms with Gasteiger partial charge in [-0.05, 0) is 43.7 Å². The van der Waals surface area contributed by atoms with Crippen molar-refractivity contribution in [2.45, 2.75) is 19.9 Å². The Morgan fingerprint density at radius 2 is 1.60 bits per heavy atom. The molecule has 1 atom stereocenters. The minimum Gasteiger partial charge on any atom is -0.377 e. The largest absolute Gasteiger partial charge is 0.377 e. The van der Waals surface area contributed by atoms with Gasteiger partial charge in [-0.15, -0.1) is 0 Å². The summed E-state index contributed by atoms with van der Waals surface area (Å²) in [6, 6.07) is 21.6. The Bertz CT molecular complexity index is 827. The Hall–Kier alpha value is -3.14. The number of benzene rings is 2. The number of carbonyl (C=O) groups is 1. The standard InChI is InChI=1S/C21H21N3O/c1-15-8-10-18(11-9-15)24-21(25)20-13-12-19(14-22-20)23-16(2)17-6-4-3-5-7-17/h3-14,16,23H,1-2H3,(H,24,25). The third-order valence-electron chi connectivity index (χ3n) is 3.99. The highest BCUT2D eigenvalue weighted by molar-refractivity contribution is 6.02. The van der Waals surface area contributed by atoms with Crippen molar-refractivity contribution in [1.82, 2.24) is 4.98 Å². The monoisotopic (exact) mass is 331 g/mol. The number of amides is 1. The maximum atomic E-state index is 12.3. The number of hydrogen-bond donors (Lipinski definition) is 2. The SMILES string of the molecule is Cc1ccc(NC(=O)c2ccc(NC(C)c3ccccc3)cn2)cc1. The van der Waals surface area contributed by atoms with Crippen LogP contribution in [0.4, 0.5) is 11.4 Å². The smallest absolute Gasteiger partial charge is 0.274 e. The van der Waals surface area contributed by atoms with E-state index in [0.29, 0.717) is 5.69 Å². The predicted octanol–water partition coefficient (Wildman–Crippen LogP) is 4.82. The molecule has 0 aliphatic carbocycles. The number of aryl methyl sites for hydroxylation is 1. The Balaban J connectivity index is 1.63. The molecule has 0 aliphatic rings. The van der Waals surface area contributed by atoms with Gasteiger partial charge in [0, 0.05) is 11.7 Å². The molecule has 0 saturated heterocycles. The summed E-state index contributed by atoms with van der Waals surface area (Å²) in [5.74, 6) is -0.216. The molecule has 126 valence electrons. The lowest BCUT2D eigenvalue weighted by atomic mass is 10.1. The zero-order valence-corrected chi connectivity index (χ0v) is 14.4. The van der Waals surface area contributed by atoms with Crippen molar-refractivity contribution >= 4 is 17.3 Å². The first-order valence-electron chi connectivity index (χ1n) is 8.27. The van der Waals surface area contributed by atoms with Crippen LogP contribution in [0.25, 0.3) is 0 Å². The third kappa shape index (κ3) is 4.44. The number of anilines is 2. The first kappa shape index (κ1) is 16.7. The zero-order chi connectivity index (χ0) is 17.6. The van der Waals surface area contributed by atoms with Crippen molar-refractivity contribution in [2.24, 2.45) is 0 Å². The molecule has 2 aromatic carbocycles. The van der Waals surface area contributed by atoms with Gasteiger partial charge in [-0.3, -0.25) is 4.79 Å². The van der Waals surface area contributed by atoms with Crippen LogP contribution in [-0.4, -0.2) is 10.9 Å². The minimum absolute atomic E-state index is 0.162. The molecular weight excluding hydrogens is 310 g/mol. The highest BCUT2D eigenvalue weighted by Crippen LogP contribution is 2.18. The van der Waals surface area contributed by atoms with Gasteiger partial charge in [0.25, 0.3) is 5.91 Å². The maximum absolute atomic E-state index is 12.3. The van der Waals surface area contributed by atoms with Crippen molar-refractivity contribution in [2.75, 3.05) is 10.6 Å². The molecule has 0 saturated carbocycles. The fourth-order valence-corrected chi connectivity index (χ4v) is 2.52. The summed E-state index contributed by atoms with van der Waals surface area (Å²) < 4.78 is 0. The number of pyridine rings is 1. The number of carbonyl (C=O) groups excluding carboxylic acids is 1. The lowest BCUT2D eigenvalue weighted by Gasteiger charge is -2.15. The van der Waals surface area contributed by atoms with Crippen LogP contribution in [0.2, 0.25) is 0 Å². The van der Waals surface area contributed by atoms with Crippen LogP contribution in [-0.2, 0) is 0 Å². The van der Waals surface area contributed by atoms with E-state index in [1.807, 2.05) is 55.5 Å². The van der Waals surface area contributed by atoms with Crippen LogP contribution >= 0.6 is 0 Å². The summed E-state index contributed by atoms with van der Waals surface area (Å²) in [6.45, 7) is 4.10. The topological polar surface area (TPSA) is 54.0 Å². The first-order valence-corrected chi connectivity index (χ1v) is 8.27. The second-order valence-electron chi connectivity index (χ2n) is 6.03. The number of hydrogen-bond acceptors (Lipinski definition) is 3. The van der Waals surface area contributed by atoms with Crippen molar-refractivity contribution in [3.05, 3.63) is 89.7 Å². The third-order valence-corrected chi connectivity index (χ3v) is 3.99. The van der Waals surface area contributed by atoms with Gasteiger partial charge in [-0.1, -0.05) is 48.0 Å². The van der Waals surface area contributed by atoms with Crippen LogP contribution in [0, 0.1) is 6.92 Å². The molecule has 25 heavy (non-hydrogen) atoms. The van der Waals surface area contributed by atoms with Gasteiger partial charge < -0.3 is 10.6 Å². The van der Waals surface area contributed by atoms with Crippen LogP contribution in [0.15, 0.2) is 72.9 Å². The minimum atomic E-state index is -0.216. The first-order chi connectivity index (χ1) is 12.1. The molecule has 1 unspecified atom stereocenters. The second kappa shape index (κ2) is 7.62. The molecule has 1 aromatic heterocycles. The summed E-state index contributed by atoms with van der Waals surface area (Å²) in [7, 11) is 0. The van der Waals surface area contributed by atoms with Gasteiger partial charge in [0.2, 0.25) is 0 Å². The van der Waals surface area contributed by atoms with E-state index >= 15 is 0 Å². The molecule has 1 heterocycles. The van der Waals surface area contributed by atoms with Gasteiger partial charge in [-0.25, -0.2) is 4.98 Å². The molecule has 3 aromatic rings. The quantitative estimate of drug-likeness (QED) is 0.705. The zero-order valence-electron chi connectivity index (χ0n) is 14.4. The van der Waals surface area contributed by atoms with E-state index in [0.717, 1.165) is 16.9 Å². The van der Waals surface area contributed by atoms with Crippen molar-refractivity contribution < 1.29 is 4.79 Å². The fourth-order valence-electron chi connectivity index (χ4n) is 2.52. The molecular formula is C21H21N3O. The maximum Gasteiger partial charge on any atom is 0.274 e. The molecule has 1 amide bonds. The molecule has 0 spiro atoms. The molecule has 0 bridgehead atoms. The number of rotatable bonds is 5. The molecule has 4 nitrogen and oxygen atoms in total. The molecule has 4 heteroatoms. The normalized spacial score (nSPS) is 11.6. The molecule has 0 aliphatic heterocycles. The van der Waals surface area contributed by atoms with Gasteiger partial charge in [0.05, 0.1) is 11.9 Å². The summed E-state index contributed by atoms with van der Waals surface area (Å²) in [4.78, 5) is 16.5. The van der Waals surface area contributed by atoms with Gasteiger partial charge in [0.1, 0.15) is 5.69 Å². The lowest BCUT2D eigenvalue weighted by Crippen LogP contribution is -2.14. The number of aromatic nitrogens is 1. The van der Waals surface area contributed by atoms with Crippen LogP contribution in [0.3, 0.4) is 0 Å². The van der Waals surface area contributed by atoms with Crippen molar-refractivity contribution in [3.63, 3.8) is 0 Å². The fraction of sp³-hybridized carbons (Fsp3) is 0.143. The molecule has 0 radical (unpaired) electrons. The van der Waals surface area contributed by atoms with Crippen LogP contribution in [0.1, 0.15) is 34.6 Å². The van der Waals surface area contributed by atoms with E-state index in [9.17, 15) is 4.79 Å². The van der Waals surface area contributed by atoms with Crippen LogP contribution < -0.4 is 10.6 Å². The van der Waals surface area contributed by atoms with E-state index in [1.165, 1.54) is 5.56 Å². The van der Waals surface area contributed by atoms with E-state index in [-0.39, 0.29) is 11.9 Å². The van der Waals surface area contributed by atoms with Crippen molar-refractivity contribution in [1.29, 1.82) is 0 Å². The average molecular weight is 331 g/mol. The Labute approximate surface area is 147 Å². The average Bonchev–Trinajstić information content (AvgIpc) is 2.65. The summed E-state index contributed by atoms with van der Waals surface area (Å²) in [5, 5.41) is 6.24. The lowest BCUT2D eigenvalue weighted by molar-refractivity contribution is 0.102. The predicted molar refractivity (Wildman–Crippen MR) is 102 cm³/mol. The molecule has 3 rings (SSSR count). The number of nitrogens with zero attached hydrogens (tertiary/aromatic N) is 1. The summed E-state index contributed by atoms with van der Waals surface area (Å²) in [6.07, 6.45) is 1.68. The van der Waals surface area contributed by atoms with Gasteiger partial charge in [-0.2, -0.15) is 0 Å². The van der Waals surface area contributed by atoms with Crippen molar-refractivity contribution in [3.8, 4) is 0 Å². The molecule has 0 fully saturated rings. The van der Waals surface area contributed by atoms with Gasteiger partial charge >= 0.3 is 0 Å². The Kier molecular flexibility index (Phi) is 5.09. The number of nitrogens with one attached hydrogen (secondary N) is 2. The highest BCUT2D eigenvalue weighted by Gasteiger charge is 2.09. The van der Waals surface area contributed by atoms with E-state index in [2.05, 4.69) is 34.7 Å². The van der Waals surface area contributed by atoms with E-state index in [4.69, 9.17) is 0 Å².